The highest BCUT2D eigenvalue weighted by Crippen LogP contribution is 2.21. The maximum Gasteiger partial charge on any atom is 0.224 e. The van der Waals surface area contributed by atoms with Crippen molar-refractivity contribution in [2.45, 2.75) is 12.8 Å². The van der Waals surface area contributed by atoms with Gasteiger partial charge in [-0.15, -0.1) is 11.3 Å². The van der Waals surface area contributed by atoms with Crippen molar-refractivity contribution in [3.63, 3.8) is 0 Å². The molecule has 0 radical (unpaired) electrons. The minimum atomic E-state index is -0.0221. The van der Waals surface area contributed by atoms with E-state index in [-0.39, 0.29) is 5.91 Å². The van der Waals surface area contributed by atoms with Gasteiger partial charge in [0.2, 0.25) is 5.91 Å². The molecule has 1 amide bonds. The van der Waals surface area contributed by atoms with Crippen molar-refractivity contribution in [3.05, 3.63) is 39.1 Å². The number of hydrogen-bond acceptors (Lipinski definition) is 4. The Balaban J connectivity index is 1.83. The van der Waals surface area contributed by atoms with E-state index in [0.717, 1.165) is 10.9 Å². The van der Waals surface area contributed by atoms with Crippen LogP contribution >= 0.6 is 27.3 Å². The number of nitrogen functional groups attached to an aromatic ring is 1. The van der Waals surface area contributed by atoms with Crippen LogP contribution in [0.25, 0.3) is 0 Å². The van der Waals surface area contributed by atoms with Crippen LogP contribution < -0.4 is 11.1 Å². The number of thiophene rings is 1. The van der Waals surface area contributed by atoms with Gasteiger partial charge < -0.3 is 11.1 Å². The van der Waals surface area contributed by atoms with E-state index in [1.165, 1.54) is 4.88 Å². The molecule has 0 spiro atoms. The lowest BCUT2D eigenvalue weighted by molar-refractivity contribution is -0.116. The van der Waals surface area contributed by atoms with Crippen molar-refractivity contribution < 1.29 is 4.79 Å². The van der Waals surface area contributed by atoms with Crippen molar-refractivity contribution in [1.82, 2.24) is 4.98 Å². The number of carbonyl (C=O) groups excluding carboxylic acids is 1. The molecule has 0 fully saturated rings. The van der Waals surface area contributed by atoms with Crippen molar-refractivity contribution in [2.75, 3.05) is 11.1 Å². The summed E-state index contributed by atoms with van der Waals surface area (Å²) in [5.41, 5.74) is 6.14. The third kappa shape index (κ3) is 3.82. The fraction of sp³-hybridized carbons (Fsp3) is 0.167. The van der Waals surface area contributed by atoms with Crippen molar-refractivity contribution in [3.8, 4) is 0 Å². The number of anilines is 2. The molecule has 0 bridgehead atoms. The number of carbonyl (C=O) groups is 1. The van der Waals surface area contributed by atoms with Gasteiger partial charge in [0.1, 0.15) is 5.82 Å². The van der Waals surface area contributed by atoms with Crippen LogP contribution in [0.2, 0.25) is 0 Å². The third-order valence-electron chi connectivity index (χ3n) is 2.29. The Morgan fingerprint density at radius 3 is 2.94 bits per heavy atom. The number of aryl methyl sites for hydroxylation is 1. The Morgan fingerprint density at radius 1 is 1.50 bits per heavy atom. The lowest BCUT2D eigenvalue weighted by Crippen LogP contribution is -2.12. The van der Waals surface area contributed by atoms with Crippen molar-refractivity contribution in [2.24, 2.45) is 0 Å². The van der Waals surface area contributed by atoms with Crippen LogP contribution in [0.15, 0.2) is 34.2 Å². The highest BCUT2D eigenvalue weighted by molar-refractivity contribution is 9.10. The summed E-state index contributed by atoms with van der Waals surface area (Å²) in [6.45, 7) is 0. The summed E-state index contributed by atoms with van der Waals surface area (Å²) in [5, 5.41) is 4.79. The molecule has 0 aromatic carbocycles. The van der Waals surface area contributed by atoms with E-state index >= 15 is 0 Å². The smallest absolute Gasteiger partial charge is 0.224 e. The quantitative estimate of drug-likeness (QED) is 0.907. The van der Waals surface area contributed by atoms with Gasteiger partial charge in [0, 0.05) is 21.2 Å². The first kappa shape index (κ1) is 13.0. The molecule has 0 saturated carbocycles. The van der Waals surface area contributed by atoms with Gasteiger partial charge in [-0.05, 0) is 40.5 Å². The Bertz CT molecular complexity index is 539. The predicted octanol–water partition coefficient (Wildman–Crippen LogP) is 3.06. The molecule has 2 aromatic rings. The Labute approximate surface area is 117 Å². The van der Waals surface area contributed by atoms with E-state index in [1.807, 2.05) is 11.4 Å². The lowest BCUT2D eigenvalue weighted by Gasteiger charge is -2.04. The number of rotatable bonds is 4. The molecule has 2 rings (SSSR count). The van der Waals surface area contributed by atoms with Gasteiger partial charge in [-0.3, -0.25) is 4.79 Å². The summed E-state index contributed by atoms with van der Waals surface area (Å²) in [5.74, 6) is 0.419. The summed E-state index contributed by atoms with van der Waals surface area (Å²) >= 11 is 5.03. The molecular weight excluding hydrogens is 314 g/mol. The fourth-order valence-corrected chi connectivity index (χ4v) is 2.88. The van der Waals surface area contributed by atoms with Gasteiger partial charge >= 0.3 is 0 Å². The highest BCUT2D eigenvalue weighted by atomic mass is 79.9. The summed E-state index contributed by atoms with van der Waals surface area (Å²) in [4.78, 5) is 16.8. The molecule has 2 heterocycles. The lowest BCUT2D eigenvalue weighted by atomic mass is 10.2. The van der Waals surface area contributed by atoms with E-state index in [9.17, 15) is 4.79 Å². The highest BCUT2D eigenvalue weighted by Gasteiger charge is 2.05. The van der Waals surface area contributed by atoms with Gasteiger partial charge in [0.15, 0.2) is 0 Å². The first-order valence-corrected chi connectivity index (χ1v) is 7.05. The molecule has 18 heavy (non-hydrogen) atoms. The molecule has 0 aliphatic rings. The van der Waals surface area contributed by atoms with E-state index in [1.54, 1.807) is 29.7 Å². The number of hydrogen-bond donors (Lipinski definition) is 2. The summed E-state index contributed by atoms with van der Waals surface area (Å²) in [6.07, 6.45) is 2.75. The second-order valence-corrected chi connectivity index (χ2v) is 5.66. The molecule has 0 unspecified atom stereocenters. The van der Waals surface area contributed by atoms with Crippen molar-refractivity contribution >= 4 is 44.7 Å². The maximum absolute atomic E-state index is 11.7. The number of pyridine rings is 1. The molecule has 0 aliphatic carbocycles. The summed E-state index contributed by atoms with van der Waals surface area (Å²) in [6, 6.07) is 5.43. The number of amides is 1. The molecule has 0 atom stereocenters. The van der Waals surface area contributed by atoms with Gasteiger partial charge in [-0.2, -0.15) is 0 Å². The number of nitrogens with zero attached hydrogens (tertiary/aromatic N) is 1. The van der Waals surface area contributed by atoms with E-state index < -0.39 is 0 Å². The molecule has 6 heteroatoms. The average Bonchev–Trinajstić information content (AvgIpc) is 2.76. The Kier molecular flexibility index (Phi) is 4.33. The number of nitrogens with one attached hydrogen (secondary N) is 1. The van der Waals surface area contributed by atoms with Crippen LogP contribution in [0, 0.1) is 0 Å². The summed E-state index contributed by atoms with van der Waals surface area (Å²) < 4.78 is 1.06. The molecule has 0 saturated heterocycles. The normalized spacial score (nSPS) is 10.3. The first-order valence-electron chi connectivity index (χ1n) is 5.38. The van der Waals surface area contributed by atoms with Crippen LogP contribution in [0.5, 0.6) is 0 Å². The van der Waals surface area contributed by atoms with Crippen LogP contribution in [0.4, 0.5) is 11.5 Å². The van der Waals surface area contributed by atoms with Gasteiger partial charge in [-0.1, -0.05) is 0 Å². The minimum absolute atomic E-state index is 0.0221. The van der Waals surface area contributed by atoms with E-state index in [2.05, 4.69) is 26.2 Å². The topological polar surface area (TPSA) is 68.0 Å². The Morgan fingerprint density at radius 2 is 2.33 bits per heavy atom. The SMILES string of the molecule is Nc1ccc(NC(=O)CCc2cc(Br)cs2)cn1. The molecule has 3 N–H and O–H groups in total. The zero-order chi connectivity index (χ0) is 13.0. The second-order valence-electron chi connectivity index (χ2n) is 3.75. The van der Waals surface area contributed by atoms with Crippen LogP contribution in [0.1, 0.15) is 11.3 Å². The van der Waals surface area contributed by atoms with Gasteiger partial charge in [0.05, 0.1) is 11.9 Å². The van der Waals surface area contributed by atoms with Crippen LogP contribution in [0.3, 0.4) is 0 Å². The number of nitrogens with two attached hydrogens (primary N) is 1. The first-order chi connectivity index (χ1) is 8.63. The predicted molar refractivity (Wildman–Crippen MR) is 77.6 cm³/mol. The molecule has 94 valence electrons. The molecule has 2 aromatic heterocycles. The second kappa shape index (κ2) is 5.97. The zero-order valence-electron chi connectivity index (χ0n) is 9.52. The fourth-order valence-electron chi connectivity index (χ4n) is 1.42. The van der Waals surface area contributed by atoms with Crippen LogP contribution in [-0.4, -0.2) is 10.9 Å². The third-order valence-corrected chi connectivity index (χ3v) is 4.05. The molecular formula is C12H12BrN3OS. The average molecular weight is 326 g/mol. The molecule has 4 nitrogen and oxygen atoms in total. The summed E-state index contributed by atoms with van der Waals surface area (Å²) in [7, 11) is 0. The zero-order valence-corrected chi connectivity index (χ0v) is 11.9. The maximum atomic E-state index is 11.7. The van der Waals surface area contributed by atoms with E-state index in [0.29, 0.717) is 17.9 Å². The van der Waals surface area contributed by atoms with E-state index in [4.69, 9.17) is 5.73 Å². The van der Waals surface area contributed by atoms with Crippen molar-refractivity contribution in [1.29, 1.82) is 0 Å². The van der Waals surface area contributed by atoms with Gasteiger partial charge in [0.25, 0.3) is 0 Å². The molecule has 0 aliphatic heterocycles. The van der Waals surface area contributed by atoms with Crippen LogP contribution in [-0.2, 0) is 11.2 Å². The Hall–Kier alpha value is -1.40. The number of halogens is 1. The standard InChI is InChI=1S/C12H12BrN3OS/c13-8-5-10(18-7-8)2-4-12(17)16-9-1-3-11(14)15-6-9/h1,3,5-7H,2,4H2,(H2,14,15)(H,16,17). The van der Waals surface area contributed by atoms with Gasteiger partial charge in [-0.25, -0.2) is 4.98 Å². The largest absolute Gasteiger partial charge is 0.384 e. The monoisotopic (exact) mass is 325 g/mol. The minimum Gasteiger partial charge on any atom is -0.384 e. The number of aromatic nitrogens is 1.